The number of nitrogen functional groups attached to an aromatic ring is 1. The van der Waals surface area contributed by atoms with Crippen molar-refractivity contribution in [2.45, 2.75) is 52.0 Å². The number of nitrogens with one attached hydrogen (secondary N) is 2. The minimum absolute atomic E-state index is 0.171. The van der Waals surface area contributed by atoms with Crippen molar-refractivity contribution in [3.05, 3.63) is 70.4 Å². The minimum atomic E-state index is -1.80. The van der Waals surface area contributed by atoms with Gasteiger partial charge in [-0.05, 0) is 54.9 Å². The molecule has 1 aromatic carbocycles. The summed E-state index contributed by atoms with van der Waals surface area (Å²) in [6.07, 6.45) is 0. The van der Waals surface area contributed by atoms with Crippen LogP contribution in [0.5, 0.6) is 11.6 Å². The summed E-state index contributed by atoms with van der Waals surface area (Å²) in [5, 5.41) is 0.193. The van der Waals surface area contributed by atoms with E-state index >= 15 is 0 Å². The zero-order valence-electron chi connectivity index (χ0n) is 19.6. The first-order valence-corrected chi connectivity index (χ1v) is 11.6. The zero-order chi connectivity index (χ0) is 24.3. The molecule has 0 saturated carbocycles. The highest BCUT2D eigenvalue weighted by molar-refractivity contribution is 7.89. The van der Waals surface area contributed by atoms with Gasteiger partial charge in [-0.1, -0.05) is 44.5 Å². The molecule has 0 bridgehead atoms. The molecular weight excluding hydrogens is 438 g/mol. The Kier molecular flexibility index (Phi) is 7.26. The predicted octanol–water partition coefficient (Wildman–Crippen LogP) is 4.03. The maximum Gasteiger partial charge on any atom is 0.274 e. The number of carbonyl (C=O) groups is 1. The molecule has 2 heterocycles. The van der Waals surface area contributed by atoms with Crippen molar-refractivity contribution in [2.75, 3.05) is 5.73 Å². The number of ether oxygens (including phenoxy) is 1. The maximum atomic E-state index is 13.0. The van der Waals surface area contributed by atoms with Gasteiger partial charge in [0.25, 0.3) is 10.9 Å². The van der Waals surface area contributed by atoms with Crippen LogP contribution in [0.4, 0.5) is 5.82 Å². The Bertz CT molecular complexity index is 1150. The molecule has 0 aliphatic carbocycles. The number of hydrogen-bond donors (Lipinski definition) is 3. The first-order chi connectivity index (χ1) is 15.5. The molecule has 0 saturated heterocycles. The van der Waals surface area contributed by atoms with Crippen LogP contribution in [0, 0.1) is 20.8 Å². The average Bonchev–Trinajstić information content (AvgIpc) is 2.73. The Morgan fingerprint density at radius 1 is 1.06 bits per heavy atom. The number of aromatic nitrogens is 2. The highest BCUT2D eigenvalue weighted by Crippen LogP contribution is 2.32. The molecule has 0 fully saturated rings. The first kappa shape index (κ1) is 24.5. The number of hydrazine groups is 1. The Labute approximate surface area is 197 Å². The number of nitrogens with two attached hydrogens (primary N) is 1. The van der Waals surface area contributed by atoms with Crippen molar-refractivity contribution in [1.82, 2.24) is 20.2 Å². The second-order valence-corrected chi connectivity index (χ2v) is 10.0. The number of carbonyl (C=O) groups excluding carboxylic acids is 1. The lowest BCUT2D eigenvalue weighted by atomic mass is 9.91. The van der Waals surface area contributed by atoms with E-state index in [1.807, 2.05) is 53.7 Å². The molecule has 0 aliphatic rings. The quantitative estimate of drug-likeness (QED) is 0.369. The molecule has 1 atom stereocenters. The normalized spacial score (nSPS) is 12.3. The lowest BCUT2D eigenvalue weighted by molar-refractivity contribution is 0.0942. The van der Waals surface area contributed by atoms with E-state index in [9.17, 15) is 9.35 Å². The van der Waals surface area contributed by atoms with Gasteiger partial charge in [0.2, 0.25) is 5.88 Å². The van der Waals surface area contributed by atoms with Crippen LogP contribution >= 0.6 is 0 Å². The largest absolute Gasteiger partial charge is 0.590 e. The fourth-order valence-corrected chi connectivity index (χ4v) is 3.96. The summed E-state index contributed by atoms with van der Waals surface area (Å²) in [6.45, 7) is 12.0. The number of hydrogen-bond acceptors (Lipinski definition) is 7. The van der Waals surface area contributed by atoms with Crippen molar-refractivity contribution in [2.24, 2.45) is 0 Å². The van der Waals surface area contributed by atoms with Gasteiger partial charge in [0, 0.05) is 17.2 Å². The Morgan fingerprint density at radius 2 is 1.73 bits per heavy atom. The molecule has 3 rings (SSSR count). The maximum absolute atomic E-state index is 13.0. The van der Waals surface area contributed by atoms with Gasteiger partial charge in [-0.2, -0.15) is 4.98 Å². The van der Waals surface area contributed by atoms with E-state index in [2.05, 4.69) is 20.2 Å². The van der Waals surface area contributed by atoms with Crippen molar-refractivity contribution in [3.8, 4) is 11.6 Å². The van der Waals surface area contributed by atoms with E-state index in [-0.39, 0.29) is 27.7 Å². The number of benzene rings is 1. The topological polar surface area (TPSA) is 125 Å². The summed E-state index contributed by atoms with van der Waals surface area (Å²) in [7, 11) is 0. The molecule has 4 N–H and O–H groups in total. The van der Waals surface area contributed by atoms with Crippen molar-refractivity contribution < 1.29 is 14.1 Å². The zero-order valence-corrected chi connectivity index (χ0v) is 20.5. The second kappa shape index (κ2) is 9.78. The van der Waals surface area contributed by atoms with Crippen molar-refractivity contribution in [3.63, 3.8) is 0 Å². The van der Waals surface area contributed by atoms with Crippen LogP contribution in [0.15, 0.2) is 47.5 Å². The third-order valence-corrected chi connectivity index (χ3v) is 5.76. The Balaban J connectivity index is 1.90. The van der Waals surface area contributed by atoms with Gasteiger partial charge in [-0.25, -0.2) is 10.4 Å². The Morgan fingerprint density at radius 3 is 2.33 bits per heavy atom. The SMILES string of the molecule is Cc1cc(C)c(Oc2nc(C(C)(C)C)ccc2C(=O)NN[S+]([O-])c2cccc(N)n2)c(C)c1. The van der Waals surface area contributed by atoms with Gasteiger partial charge in [0.15, 0.2) is 0 Å². The van der Waals surface area contributed by atoms with E-state index in [1.54, 1.807) is 30.3 Å². The third-order valence-electron chi connectivity index (χ3n) is 4.87. The summed E-state index contributed by atoms with van der Waals surface area (Å²) < 4.78 is 18.6. The van der Waals surface area contributed by atoms with Gasteiger partial charge in [-0.3, -0.25) is 4.79 Å². The number of aryl methyl sites for hydroxylation is 3. The molecule has 33 heavy (non-hydrogen) atoms. The molecule has 0 spiro atoms. The molecular formula is C24H29N5O3S. The summed E-state index contributed by atoms with van der Waals surface area (Å²) in [5.74, 6) is 0.506. The van der Waals surface area contributed by atoms with E-state index in [4.69, 9.17) is 10.5 Å². The van der Waals surface area contributed by atoms with Crippen LogP contribution in [-0.2, 0) is 16.8 Å². The summed E-state index contributed by atoms with van der Waals surface area (Å²) >= 11 is -1.80. The molecule has 0 aliphatic heterocycles. The van der Waals surface area contributed by atoms with Gasteiger partial charge in [0.1, 0.15) is 28.5 Å². The van der Waals surface area contributed by atoms with E-state index in [1.165, 1.54) is 0 Å². The third kappa shape index (κ3) is 6.01. The molecule has 1 unspecified atom stereocenters. The average molecular weight is 468 g/mol. The highest BCUT2D eigenvalue weighted by atomic mass is 32.2. The standard InChI is InChI=1S/C24H29N5O3S/c1-14-12-15(2)21(16(3)13-14)32-23-17(10-11-18(26-23)24(4,5)6)22(30)28-29-33(31)20-9-7-8-19(25)27-20/h7-13,29H,1-6H3,(H2,25,27)(H,28,30). The molecule has 3 aromatic rings. The predicted molar refractivity (Wildman–Crippen MR) is 129 cm³/mol. The number of rotatable bonds is 6. The van der Waals surface area contributed by atoms with E-state index in [0.29, 0.717) is 5.75 Å². The molecule has 0 radical (unpaired) electrons. The number of nitrogens with zero attached hydrogens (tertiary/aromatic N) is 2. The lowest BCUT2D eigenvalue weighted by Gasteiger charge is -2.21. The van der Waals surface area contributed by atoms with Gasteiger partial charge >= 0.3 is 0 Å². The highest BCUT2D eigenvalue weighted by Gasteiger charge is 2.23. The van der Waals surface area contributed by atoms with Gasteiger partial charge in [0.05, 0.1) is 0 Å². The molecule has 1 amide bonds. The molecule has 2 aromatic heterocycles. The van der Waals surface area contributed by atoms with Crippen molar-refractivity contribution in [1.29, 1.82) is 0 Å². The fourth-order valence-electron chi connectivity index (χ4n) is 3.28. The lowest BCUT2D eigenvalue weighted by Crippen LogP contribution is -2.42. The van der Waals surface area contributed by atoms with Crippen LogP contribution in [-0.4, -0.2) is 20.4 Å². The number of anilines is 1. The van der Waals surface area contributed by atoms with Gasteiger partial charge in [-0.15, -0.1) is 0 Å². The monoisotopic (exact) mass is 467 g/mol. The van der Waals surface area contributed by atoms with Crippen molar-refractivity contribution >= 4 is 23.1 Å². The summed E-state index contributed by atoms with van der Waals surface area (Å²) in [4.78, 5) is 24.1. The minimum Gasteiger partial charge on any atom is -0.590 e. The van der Waals surface area contributed by atoms with Crippen LogP contribution in [0.1, 0.15) is 53.5 Å². The van der Waals surface area contributed by atoms with Crippen LogP contribution in [0.25, 0.3) is 0 Å². The fraction of sp³-hybridized carbons (Fsp3) is 0.292. The molecule has 8 nitrogen and oxygen atoms in total. The van der Waals surface area contributed by atoms with Crippen LogP contribution < -0.4 is 20.7 Å². The molecule has 9 heteroatoms. The number of amides is 1. The molecule has 174 valence electrons. The summed E-state index contributed by atoms with van der Waals surface area (Å²) in [5.41, 5.74) is 11.8. The smallest absolute Gasteiger partial charge is 0.274 e. The van der Waals surface area contributed by atoms with Crippen LogP contribution in [0.3, 0.4) is 0 Å². The first-order valence-electron chi connectivity index (χ1n) is 10.4. The number of pyridine rings is 2. The Hall–Kier alpha value is -3.14. The summed E-state index contributed by atoms with van der Waals surface area (Å²) in [6, 6.07) is 12.2. The van der Waals surface area contributed by atoms with E-state index < -0.39 is 17.3 Å². The van der Waals surface area contributed by atoms with Gasteiger partial charge < -0.3 is 15.0 Å². The second-order valence-electron chi connectivity index (χ2n) is 8.85. The van der Waals surface area contributed by atoms with E-state index in [0.717, 1.165) is 22.4 Å². The van der Waals surface area contributed by atoms with Crippen LogP contribution in [0.2, 0.25) is 0 Å².